The van der Waals surface area contributed by atoms with Crippen LogP contribution in [0.4, 0.5) is 0 Å². The van der Waals surface area contributed by atoms with Crippen molar-refractivity contribution in [3.8, 4) is 11.5 Å². The molecule has 1 unspecified atom stereocenters. The second kappa shape index (κ2) is 14.2. The van der Waals surface area contributed by atoms with Crippen LogP contribution in [0.15, 0.2) is 29.4 Å². The SMILES string of the molecule is C/C=C/COc1cc(C)c(OCCCCCCS(=O)C/C(C)=N/OC)c(C)c1. The average Bonchev–Trinajstić information content (AvgIpc) is 2.63. The molecule has 0 aliphatic heterocycles. The van der Waals surface area contributed by atoms with E-state index < -0.39 is 10.8 Å². The van der Waals surface area contributed by atoms with Crippen LogP contribution >= 0.6 is 0 Å². The summed E-state index contributed by atoms with van der Waals surface area (Å²) in [5.74, 6) is 3.03. The first kappa shape index (κ1) is 24.2. The summed E-state index contributed by atoms with van der Waals surface area (Å²) >= 11 is 0. The molecule has 0 amide bonds. The number of unbranched alkanes of at least 4 members (excludes halogenated alkanes) is 3. The third-order valence-corrected chi connectivity index (χ3v) is 5.63. The lowest BCUT2D eigenvalue weighted by Crippen LogP contribution is -2.10. The van der Waals surface area contributed by atoms with Crippen LogP contribution in [0.2, 0.25) is 0 Å². The molecule has 6 heteroatoms. The van der Waals surface area contributed by atoms with E-state index in [1.165, 1.54) is 7.11 Å². The smallest absolute Gasteiger partial charge is 0.125 e. The largest absolute Gasteiger partial charge is 0.493 e. The van der Waals surface area contributed by atoms with Crippen molar-refractivity contribution in [2.75, 3.05) is 31.8 Å². The molecule has 1 aromatic rings. The summed E-state index contributed by atoms with van der Waals surface area (Å²) in [6.07, 6.45) is 8.05. The van der Waals surface area contributed by atoms with Gasteiger partial charge in [-0.1, -0.05) is 30.1 Å². The topological polar surface area (TPSA) is 57.1 Å². The second-order valence-corrected chi connectivity index (χ2v) is 8.40. The van der Waals surface area contributed by atoms with Crippen molar-refractivity contribution in [3.05, 3.63) is 35.4 Å². The summed E-state index contributed by atoms with van der Waals surface area (Å²) in [7, 11) is 0.646. The quantitative estimate of drug-likeness (QED) is 0.188. The number of hydrogen-bond donors (Lipinski definition) is 0. The molecule has 0 aliphatic rings. The number of ether oxygens (including phenoxy) is 2. The van der Waals surface area contributed by atoms with E-state index in [0.29, 0.717) is 24.7 Å². The van der Waals surface area contributed by atoms with E-state index in [4.69, 9.17) is 9.47 Å². The van der Waals surface area contributed by atoms with Crippen LogP contribution in [0.5, 0.6) is 11.5 Å². The molecule has 1 aromatic carbocycles. The fraction of sp³-hybridized carbons (Fsp3) is 0.591. The van der Waals surface area contributed by atoms with Crippen molar-refractivity contribution in [1.29, 1.82) is 0 Å². The zero-order valence-electron chi connectivity index (χ0n) is 18.0. The minimum atomic E-state index is -0.858. The highest BCUT2D eigenvalue weighted by Crippen LogP contribution is 2.28. The van der Waals surface area contributed by atoms with Crippen LogP contribution in [-0.2, 0) is 15.6 Å². The highest BCUT2D eigenvalue weighted by Gasteiger charge is 2.07. The maximum absolute atomic E-state index is 11.9. The van der Waals surface area contributed by atoms with E-state index >= 15 is 0 Å². The number of oxime groups is 1. The molecule has 0 heterocycles. The molecule has 0 radical (unpaired) electrons. The summed E-state index contributed by atoms with van der Waals surface area (Å²) in [5.41, 5.74) is 2.97. The molecule has 0 fully saturated rings. The van der Waals surface area contributed by atoms with Gasteiger partial charge >= 0.3 is 0 Å². The van der Waals surface area contributed by atoms with Gasteiger partial charge in [0.1, 0.15) is 25.2 Å². The number of benzene rings is 1. The maximum Gasteiger partial charge on any atom is 0.125 e. The monoisotopic (exact) mass is 409 g/mol. The molecule has 0 saturated heterocycles. The molecule has 1 atom stereocenters. The lowest BCUT2D eigenvalue weighted by molar-refractivity contribution is 0.213. The van der Waals surface area contributed by atoms with E-state index in [9.17, 15) is 4.21 Å². The van der Waals surface area contributed by atoms with Crippen LogP contribution in [0, 0.1) is 13.8 Å². The van der Waals surface area contributed by atoms with Gasteiger partial charge in [0.2, 0.25) is 0 Å². The molecule has 0 N–H and O–H groups in total. The Hall–Kier alpha value is -1.82. The van der Waals surface area contributed by atoms with Crippen molar-refractivity contribution in [2.45, 2.75) is 53.4 Å². The average molecular weight is 410 g/mol. The van der Waals surface area contributed by atoms with Gasteiger partial charge in [-0.3, -0.25) is 4.21 Å². The van der Waals surface area contributed by atoms with Gasteiger partial charge in [0.05, 0.1) is 18.1 Å². The van der Waals surface area contributed by atoms with Gasteiger partial charge < -0.3 is 14.3 Å². The summed E-state index contributed by atoms with van der Waals surface area (Å²) in [4.78, 5) is 4.69. The van der Waals surface area contributed by atoms with E-state index in [2.05, 4.69) is 23.8 Å². The zero-order chi connectivity index (χ0) is 20.8. The Kier molecular flexibility index (Phi) is 12.3. The minimum Gasteiger partial charge on any atom is -0.493 e. The molecular formula is C22H35NO4S. The Morgan fingerprint density at radius 1 is 1.11 bits per heavy atom. The first-order valence-electron chi connectivity index (χ1n) is 9.87. The Balaban J connectivity index is 2.25. The molecule has 5 nitrogen and oxygen atoms in total. The highest BCUT2D eigenvalue weighted by molar-refractivity contribution is 7.85. The van der Waals surface area contributed by atoms with Crippen LogP contribution in [0.1, 0.15) is 50.7 Å². The molecule has 28 heavy (non-hydrogen) atoms. The first-order chi connectivity index (χ1) is 13.5. The second-order valence-electron chi connectivity index (χ2n) is 6.83. The lowest BCUT2D eigenvalue weighted by Gasteiger charge is -2.14. The normalized spacial score (nSPS) is 13.0. The standard InChI is InChI=1S/C22H35NO4S/c1-6-7-12-26-21-15-18(2)22(19(3)16-21)27-13-10-8-9-11-14-28(24)17-20(4)23-25-5/h6-7,15-16H,8-14,17H2,1-5H3/b7-6+,23-20+. The maximum atomic E-state index is 11.9. The van der Waals surface area contributed by atoms with Gasteiger partial charge in [-0.05, 0) is 63.8 Å². The summed E-state index contributed by atoms with van der Waals surface area (Å²) in [5, 5.41) is 3.80. The summed E-state index contributed by atoms with van der Waals surface area (Å²) < 4.78 is 23.6. The van der Waals surface area contributed by atoms with Gasteiger partial charge in [-0.15, -0.1) is 0 Å². The number of hydrogen-bond acceptors (Lipinski definition) is 5. The van der Waals surface area contributed by atoms with Crippen LogP contribution in [0.25, 0.3) is 0 Å². The zero-order valence-corrected chi connectivity index (χ0v) is 18.8. The summed E-state index contributed by atoms with van der Waals surface area (Å²) in [6, 6.07) is 4.05. The Morgan fingerprint density at radius 2 is 1.79 bits per heavy atom. The van der Waals surface area contributed by atoms with Gasteiger partial charge in [-0.2, -0.15) is 0 Å². The van der Waals surface area contributed by atoms with Crippen molar-refractivity contribution in [3.63, 3.8) is 0 Å². The first-order valence-corrected chi connectivity index (χ1v) is 11.4. The molecule has 0 saturated carbocycles. The van der Waals surface area contributed by atoms with Gasteiger partial charge in [0, 0.05) is 16.6 Å². The van der Waals surface area contributed by atoms with Gasteiger partial charge in [0.25, 0.3) is 0 Å². The molecule has 0 spiro atoms. The number of aryl methyl sites for hydroxylation is 2. The molecule has 1 rings (SSSR count). The fourth-order valence-electron chi connectivity index (χ4n) is 2.84. The Morgan fingerprint density at radius 3 is 2.43 bits per heavy atom. The highest BCUT2D eigenvalue weighted by atomic mass is 32.2. The van der Waals surface area contributed by atoms with Crippen LogP contribution in [-0.4, -0.2) is 41.7 Å². The van der Waals surface area contributed by atoms with Crippen molar-refractivity contribution in [1.82, 2.24) is 0 Å². The van der Waals surface area contributed by atoms with Gasteiger partial charge in [0.15, 0.2) is 0 Å². The van der Waals surface area contributed by atoms with Gasteiger partial charge in [-0.25, -0.2) is 0 Å². The van der Waals surface area contributed by atoms with Crippen molar-refractivity contribution in [2.24, 2.45) is 5.16 Å². The van der Waals surface area contributed by atoms with Crippen LogP contribution in [0.3, 0.4) is 0 Å². The Labute approximate surface area is 172 Å². The molecule has 0 bridgehead atoms. The minimum absolute atomic E-state index is 0.490. The number of rotatable bonds is 14. The molecule has 0 aromatic heterocycles. The third kappa shape index (κ3) is 9.93. The van der Waals surface area contributed by atoms with Crippen molar-refractivity contribution >= 4 is 16.5 Å². The van der Waals surface area contributed by atoms with Crippen LogP contribution < -0.4 is 9.47 Å². The molecular weight excluding hydrogens is 374 g/mol. The predicted molar refractivity (Wildman–Crippen MR) is 118 cm³/mol. The fourth-order valence-corrected chi connectivity index (χ4v) is 4.03. The predicted octanol–water partition coefficient (Wildman–Crippen LogP) is 4.97. The molecule has 0 aliphatic carbocycles. The van der Waals surface area contributed by atoms with Crippen molar-refractivity contribution < 1.29 is 18.5 Å². The lowest BCUT2D eigenvalue weighted by atomic mass is 10.1. The number of allylic oxidation sites excluding steroid dienone is 1. The summed E-state index contributed by atoms with van der Waals surface area (Å²) in [6.45, 7) is 9.20. The van der Waals surface area contributed by atoms with E-state index in [1.54, 1.807) is 0 Å². The third-order valence-electron chi connectivity index (χ3n) is 4.15. The van der Waals surface area contributed by atoms with E-state index in [1.807, 2.05) is 38.1 Å². The number of nitrogens with zero attached hydrogens (tertiary/aromatic N) is 1. The van der Waals surface area contributed by atoms with E-state index in [0.717, 1.165) is 54.0 Å². The van der Waals surface area contributed by atoms with E-state index in [-0.39, 0.29) is 0 Å². The Bertz CT molecular complexity index is 647. The molecule has 158 valence electrons.